The molecule has 1 nitrogen and oxygen atoms in total. The van der Waals surface area contributed by atoms with Gasteiger partial charge in [-0.1, -0.05) is 45.2 Å². The molecule has 0 atom stereocenters. The second-order valence-corrected chi connectivity index (χ2v) is 5.75. The minimum atomic E-state index is 0.568. The normalized spacial score (nSPS) is 11.1. The van der Waals surface area contributed by atoms with E-state index in [1.165, 1.54) is 0 Å². The van der Waals surface area contributed by atoms with Crippen LogP contribution in [-0.4, -0.2) is 4.98 Å². The predicted octanol–water partition coefficient (Wildman–Crippen LogP) is 5.90. The number of hydrogen-bond acceptors (Lipinski definition) is 0. The van der Waals surface area contributed by atoms with Crippen LogP contribution in [0.15, 0.2) is 47.1 Å². The van der Waals surface area contributed by atoms with Crippen LogP contribution in [0.25, 0.3) is 22.0 Å². The molecule has 0 spiro atoms. The molecule has 0 bridgehead atoms. The lowest BCUT2D eigenvalue weighted by Crippen LogP contribution is -1.77. The van der Waals surface area contributed by atoms with Crippen LogP contribution in [0, 0.1) is 0 Å². The maximum atomic E-state index is 6.06. The third-order valence-corrected chi connectivity index (χ3v) is 4.11. The number of aromatic nitrogens is 1. The molecule has 0 aliphatic heterocycles. The molecular weight excluding hydrogens is 333 g/mol. The number of nitrogens with one attached hydrogen (secondary N) is 1. The smallest absolute Gasteiger partial charge is 0.0598 e. The number of rotatable bonds is 1. The summed E-state index contributed by atoms with van der Waals surface area (Å²) in [7, 11) is 0. The third-order valence-electron chi connectivity index (χ3n) is 2.87. The summed E-state index contributed by atoms with van der Waals surface area (Å²) in [5.41, 5.74) is 3.26. The lowest BCUT2D eigenvalue weighted by atomic mass is 10.1. The average molecular weight is 341 g/mol. The van der Waals surface area contributed by atoms with E-state index in [2.05, 4.69) is 27.0 Å². The van der Waals surface area contributed by atoms with E-state index < -0.39 is 0 Å². The van der Waals surface area contributed by atoms with Gasteiger partial charge in [0.05, 0.1) is 10.0 Å². The monoisotopic (exact) mass is 339 g/mol. The first-order valence-corrected chi connectivity index (χ1v) is 6.92. The van der Waals surface area contributed by atoms with E-state index in [1.807, 2.05) is 36.5 Å². The molecule has 90 valence electrons. The van der Waals surface area contributed by atoms with Crippen molar-refractivity contribution in [2.45, 2.75) is 0 Å². The molecule has 0 unspecified atom stereocenters. The first kappa shape index (κ1) is 12.1. The Balaban J connectivity index is 2.24. The van der Waals surface area contributed by atoms with Gasteiger partial charge in [-0.05, 0) is 35.9 Å². The highest BCUT2D eigenvalue weighted by Crippen LogP contribution is 2.33. The number of fused-ring (bicyclic) bond motifs is 1. The second kappa shape index (κ2) is 4.61. The Morgan fingerprint density at radius 2 is 1.78 bits per heavy atom. The predicted molar refractivity (Wildman–Crippen MR) is 81.5 cm³/mol. The minimum absolute atomic E-state index is 0.568. The van der Waals surface area contributed by atoms with Gasteiger partial charge in [0.15, 0.2) is 0 Å². The Hall–Kier alpha value is -0.960. The molecule has 2 aromatic carbocycles. The van der Waals surface area contributed by atoms with E-state index in [4.69, 9.17) is 23.2 Å². The summed E-state index contributed by atoms with van der Waals surface area (Å²) >= 11 is 15.5. The summed E-state index contributed by atoms with van der Waals surface area (Å²) in [4.78, 5) is 3.25. The Bertz CT molecular complexity index is 734. The van der Waals surface area contributed by atoms with Crippen LogP contribution >= 0.6 is 39.1 Å². The number of benzene rings is 2. The topological polar surface area (TPSA) is 15.8 Å². The van der Waals surface area contributed by atoms with Crippen molar-refractivity contribution in [2.24, 2.45) is 0 Å². The van der Waals surface area contributed by atoms with E-state index in [0.717, 1.165) is 26.5 Å². The lowest BCUT2D eigenvalue weighted by molar-refractivity contribution is 1.47. The summed E-state index contributed by atoms with van der Waals surface area (Å²) in [6.45, 7) is 0. The van der Waals surface area contributed by atoms with Gasteiger partial charge in [0.2, 0.25) is 0 Å². The molecule has 0 fully saturated rings. The molecule has 1 aromatic heterocycles. The molecule has 18 heavy (non-hydrogen) atoms. The van der Waals surface area contributed by atoms with Crippen molar-refractivity contribution in [2.75, 3.05) is 0 Å². The van der Waals surface area contributed by atoms with Crippen molar-refractivity contribution in [3.05, 3.63) is 57.1 Å². The lowest BCUT2D eigenvalue weighted by Gasteiger charge is -2.02. The van der Waals surface area contributed by atoms with Gasteiger partial charge in [-0.3, -0.25) is 0 Å². The van der Waals surface area contributed by atoms with Crippen molar-refractivity contribution < 1.29 is 0 Å². The molecule has 0 saturated heterocycles. The molecule has 0 saturated carbocycles. The molecule has 1 N–H and O–H groups in total. The highest BCUT2D eigenvalue weighted by Gasteiger charge is 2.08. The minimum Gasteiger partial charge on any atom is -0.361 e. The molecule has 1 heterocycles. The maximum Gasteiger partial charge on any atom is 0.0598 e. The molecular formula is C14H8BrCl2N. The van der Waals surface area contributed by atoms with Gasteiger partial charge in [0.25, 0.3) is 0 Å². The Kier molecular flexibility index (Phi) is 3.10. The van der Waals surface area contributed by atoms with Crippen LogP contribution in [0.4, 0.5) is 0 Å². The van der Waals surface area contributed by atoms with Crippen LogP contribution in [0.3, 0.4) is 0 Å². The Morgan fingerprint density at radius 3 is 2.56 bits per heavy atom. The molecule has 0 radical (unpaired) electrons. The molecule has 4 heteroatoms. The molecule has 3 aromatic rings. The highest BCUT2D eigenvalue weighted by molar-refractivity contribution is 9.10. The van der Waals surface area contributed by atoms with Crippen molar-refractivity contribution in [3.63, 3.8) is 0 Å². The van der Waals surface area contributed by atoms with E-state index in [0.29, 0.717) is 10.0 Å². The van der Waals surface area contributed by atoms with Crippen molar-refractivity contribution >= 4 is 50.0 Å². The van der Waals surface area contributed by atoms with Crippen molar-refractivity contribution in [1.29, 1.82) is 0 Å². The van der Waals surface area contributed by atoms with Gasteiger partial charge in [-0.15, -0.1) is 0 Å². The van der Waals surface area contributed by atoms with Crippen LogP contribution in [0.2, 0.25) is 10.0 Å². The van der Waals surface area contributed by atoms with E-state index in [-0.39, 0.29) is 0 Å². The van der Waals surface area contributed by atoms with Crippen LogP contribution in [-0.2, 0) is 0 Å². The van der Waals surface area contributed by atoms with Gasteiger partial charge >= 0.3 is 0 Å². The van der Waals surface area contributed by atoms with Crippen molar-refractivity contribution in [3.8, 4) is 11.1 Å². The number of H-pyrrole nitrogens is 1. The summed E-state index contributed by atoms with van der Waals surface area (Å²) in [6.07, 6.45) is 1.98. The van der Waals surface area contributed by atoms with E-state index in [9.17, 15) is 0 Å². The number of aromatic amines is 1. The third kappa shape index (κ3) is 2.05. The van der Waals surface area contributed by atoms with Crippen molar-refractivity contribution in [1.82, 2.24) is 4.98 Å². The summed E-state index contributed by atoms with van der Waals surface area (Å²) < 4.78 is 1.05. The quantitative estimate of drug-likeness (QED) is 0.567. The van der Waals surface area contributed by atoms with E-state index in [1.54, 1.807) is 0 Å². The first-order valence-electron chi connectivity index (χ1n) is 5.37. The van der Waals surface area contributed by atoms with Crippen LogP contribution in [0.5, 0.6) is 0 Å². The summed E-state index contributed by atoms with van der Waals surface area (Å²) in [5, 5.41) is 2.29. The molecule has 3 rings (SSSR count). The summed E-state index contributed by atoms with van der Waals surface area (Å²) in [6, 6.07) is 11.8. The molecule has 0 aliphatic carbocycles. The van der Waals surface area contributed by atoms with Crippen LogP contribution < -0.4 is 0 Å². The zero-order valence-electron chi connectivity index (χ0n) is 9.18. The van der Waals surface area contributed by atoms with Crippen LogP contribution in [0.1, 0.15) is 0 Å². The SMILES string of the molecule is Clc1ccc(-c2c[nH]c3ccc(Br)cc23)cc1Cl. The zero-order valence-corrected chi connectivity index (χ0v) is 12.3. The second-order valence-electron chi connectivity index (χ2n) is 4.02. The van der Waals surface area contributed by atoms with E-state index >= 15 is 0 Å². The zero-order chi connectivity index (χ0) is 12.7. The Morgan fingerprint density at radius 1 is 0.944 bits per heavy atom. The fraction of sp³-hybridized carbons (Fsp3) is 0. The van der Waals surface area contributed by atoms with Gasteiger partial charge in [0.1, 0.15) is 0 Å². The standard InChI is InChI=1S/C14H8BrCl2N/c15-9-2-4-14-10(6-9)11(7-18-14)8-1-3-12(16)13(17)5-8/h1-7,18H. The van der Waals surface area contributed by atoms with Gasteiger partial charge in [0, 0.05) is 27.1 Å². The Labute approximate surface area is 123 Å². The average Bonchev–Trinajstić information content (AvgIpc) is 2.75. The molecule has 0 amide bonds. The first-order chi connectivity index (χ1) is 8.65. The van der Waals surface area contributed by atoms with Gasteiger partial charge in [-0.25, -0.2) is 0 Å². The van der Waals surface area contributed by atoms with Gasteiger partial charge < -0.3 is 4.98 Å². The van der Waals surface area contributed by atoms with Gasteiger partial charge in [-0.2, -0.15) is 0 Å². The summed E-state index contributed by atoms with van der Waals surface area (Å²) in [5.74, 6) is 0. The maximum absolute atomic E-state index is 6.06. The number of halogens is 3. The fourth-order valence-corrected chi connectivity index (χ4v) is 2.65. The fourth-order valence-electron chi connectivity index (χ4n) is 2.00. The highest BCUT2D eigenvalue weighted by atomic mass is 79.9. The number of hydrogen-bond donors (Lipinski definition) is 1. The molecule has 0 aliphatic rings. The largest absolute Gasteiger partial charge is 0.361 e.